The number of hydrogen-bond acceptors (Lipinski definition) is 4. The standard InChI is InChI=1S/C18H20FN5O2/c19-14-4-2-1-3-12(14)9-23-5-6-24-16(10-23)17(25)22-15(18(24)26)7-13-8-20-11-21-13/h1-4,8,11,15-16H,5-7,9-10H2,(H,20,21)(H,22,25)/t15-,16+/m0/s1. The lowest BCUT2D eigenvalue weighted by molar-refractivity contribution is -0.153. The fraction of sp³-hybridized carbons (Fsp3) is 0.389. The maximum Gasteiger partial charge on any atom is 0.246 e. The van der Waals surface area contributed by atoms with Crippen molar-refractivity contribution in [3.63, 3.8) is 0 Å². The zero-order chi connectivity index (χ0) is 18.1. The third-order valence-corrected chi connectivity index (χ3v) is 5.00. The van der Waals surface area contributed by atoms with Crippen molar-refractivity contribution in [1.29, 1.82) is 0 Å². The summed E-state index contributed by atoms with van der Waals surface area (Å²) in [6.07, 6.45) is 3.60. The van der Waals surface area contributed by atoms with Crippen LogP contribution in [0.25, 0.3) is 0 Å². The summed E-state index contributed by atoms with van der Waals surface area (Å²) in [7, 11) is 0. The number of H-pyrrole nitrogens is 1. The molecule has 0 spiro atoms. The van der Waals surface area contributed by atoms with Crippen LogP contribution in [0.1, 0.15) is 11.3 Å². The number of carbonyl (C=O) groups is 2. The van der Waals surface area contributed by atoms with Gasteiger partial charge in [0.15, 0.2) is 0 Å². The number of piperazine rings is 2. The smallest absolute Gasteiger partial charge is 0.246 e. The Bertz CT molecular complexity index is 810. The molecular formula is C18H20FN5O2. The molecule has 2 aromatic rings. The molecule has 26 heavy (non-hydrogen) atoms. The number of imidazole rings is 1. The Hall–Kier alpha value is -2.74. The molecule has 2 aliphatic heterocycles. The number of rotatable bonds is 4. The van der Waals surface area contributed by atoms with E-state index >= 15 is 0 Å². The summed E-state index contributed by atoms with van der Waals surface area (Å²) in [5.41, 5.74) is 1.40. The normalized spacial score (nSPS) is 23.7. The molecule has 2 aliphatic rings. The highest BCUT2D eigenvalue weighted by Gasteiger charge is 2.43. The van der Waals surface area contributed by atoms with Gasteiger partial charge in [-0.1, -0.05) is 18.2 Å². The number of aromatic nitrogens is 2. The molecule has 0 radical (unpaired) electrons. The molecule has 7 nitrogen and oxygen atoms in total. The molecule has 0 bridgehead atoms. The van der Waals surface area contributed by atoms with E-state index in [0.29, 0.717) is 38.2 Å². The first-order valence-electron chi connectivity index (χ1n) is 8.65. The number of hydrogen-bond donors (Lipinski definition) is 2. The summed E-state index contributed by atoms with van der Waals surface area (Å²) in [6, 6.07) is 5.53. The van der Waals surface area contributed by atoms with E-state index in [1.165, 1.54) is 6.07 Å². The molecule has 3 heterocycles. The van der Waals surface area contributed by atoms with E-state index in [9.17, 15) is 14.0 Å². The molecule has 1 aromatic carbocycles. The average Bonchev–Trinajstić information content (AvgIpc) is 3.14. The summed E-state index contributed by atoms with van der Waals surface area (Å²) >= 11 is 0. The Morgan fingerprint density at radius 2 is 2.08 bits per heavy atom. The number of carbonyl (C=O) groups excluding carboxylic acids is 2. The fourth-order valence-electron chi connectivity index (χ4n) is 3.62. The molecule has 0 aliphatic carbocycles. The third-order valence-electron chi connectivity index (χ3n) is 5.00. The van der Waals surface area contributed by atoms with Gasteiger partial charge < -0.3 is 15.2 Å². The quantitative estimate of drug-likeness (QED) is 0.825. The van der Waals surface area contributed by atoms with E-state index in [-0.39, 0.29) is 17.6 Å². The van der Waals surface area contributed by atoms with Crippen LogP contribution >= 0.6 is 0 Å². The summed E-state index contributed by atoms with van der Waals surface area (Å²) in [6.45, 7) is 1.91. The van der Waals surface area contributed by atoms with Crippen molar-refractivity contribution in [2.75, 3.05) is 19.6 Å². The number of nitrogens with one attached hydrogen (secondary N) is 2. The van der Waals surface area contributed by atoms with E-state index in [0.717, 1.165) is 5.69 Å². The molecule has 8 heteroatoms. The van der Waals surface area contributed by atoms with Crippen LogP contribution in [0.4, 0.5) is 4.39 Å². The van der Waals surface area contributed by atoms with E-state index in [1.807, 2.05) is 4.90 Å². The first-order valence-corrected chi connectivity index (χ1v) is 8.65. The van der Waals surface area contributed by atoms with E-state index < -0.39 is 12.1 Å². The summed E-state index contributed by atoms with van der Waals surface area (Å²) in [5.74, 6) is -0.485. The van der Waals surface area contributed by atoms with Crippen LogP contribution in [0.5, 0.6) is 0 Å². The van der Waals surface area contributed by atoms with Crippen molar-refractivity contribution < 1.29 is 14.0 Å². The minimum Gasteiger partial charge on any atom is -0.348 e. The Kier molecular flexibility index (Phi) is 4.42. The van der Waals surface area contributed by atoms with Gasteiger partial charge in [-0.3, -0.25) is 14.5 Å². The number of amides is 2. The highest BCUT2D eigenvalue weighted by Crippen LogP contribution is 2.20. The number of aromatic amines is 1. The summed E-state index contributed by atoms with van der Waals surface area (Å²) in [5, 5.41) is 2.82. The largest absolute Gasteiger partial charge is 0.348 e. The maximum absolute atomic E-state index is 13.9. The molecule has 0 unspecified atom stereocenters. The zero-order valence-electron chi connectivity index (χ0n) is 14.2. The van der Waals surface area contributed by atoms with Crippen LogP contribution in [-0.4, -0.2) is 63.3 Å². The van der Waals surface area contributed by atoms with E-state index in [1.54, 1.807) is 35.6 Å². The average molecular weight is 357 g/mol. The predicted molar refractivity (Wildman–Crippen MR) is 91.4 cm³/mol. The summed E-state index contributed by atoms with van der Waals surface area (Å²) < 4.78 is 13.9. The van der Waals surface area contributed by atoms with Crippen LogP contribution in [0.2, 0.25) is 0 Å². The van der Waals surface area contributed by atoms with Crippen molar-refractivity contribution in [2.24, 2.45) is 0 Å². The number of benzene rings is 1. The van der Waals surface area contributed by atoms with Crippen molar-refractivity contribution in [3.05, 3.63) is 53.9 Å². The first kappa shape index (κ1) is 16.7. The molecule has 2 atom stereocenters. The van der Waals surface area contributed by atoms with Crippen molar-refractivity contribution >= 4 is 11.8 Å². The van der Waals surface area contributed by atoms with Gasteiger partial charge in [-0.15, -0.1) is 0 Å². The number of nitrogens with zero attached hydrogens (tertiary/aromatic N) is 3. The van der Waals surface area contributed by atoms with Gasteiger partial charge in [0.25, 0.3) is 0 Å². The second-order valence-corrected chi connectivity index (χ2v) is 6.72. The van der Waals surface area contributed by atoms with Gasteiger partial charge >= 0.3 is 0 Å². The predicted octanol–water partition coefficient (Wildman–Crippen LogP) is 0.303. The number of halogens is 1. The molecular weight excluding hydrogens is 337 g/mol. The summed E-state index contributed by atoms with van der Waals surface area (Å²) in [4.78, 5) is 35.9. The minimum absolute atomic E-state index is 0.0743. The van der Waals surface area contributed by atoms with Gasteiger partial charge in [-0.25, -0.2) is 9.37 Å². The van der Waals surface area contributed by atoms with E-state index in [2.05, 4.69) is 15.3 Å². The van der Waals surface area contributed by atoms with Gasteiger partial charge in [0.1, 0.15) is 17.9 Å². The van der Waals surface area contributed by atoms with Crippen molar-refractivity contribution in [2.45, 2.75) is 25.0 Å². The first-order chi connectivity index (χ1) is 12.6. The third kappa shape index (κ3) is 3.20. The fourth-order valence-corrected chi connectivity index (χ4v) is 3.62. The Morgan fingerprint density at radius 1 is 1.23 bits per heavy atom. The lowest BCUT2D eigenvalue weighted by atomic mass is 10.0. The van der Waals surface area contributed by atoms with Gasteiger partial charge in [0, 0.05) is 50.1 Å². The van der Waals surface area contributed by atoms with Crippen LogP contribution in [0.3, 0.4) is 0 Å². The maximum atomic E-state index is 13.9. The monoisotopic (exact) mass is 357 g/mol. The lowest BCUT2D eigenvalue weighted by Crippen LogP contribution is -2.69. The molecule has 1 aromatic heterocycles. The minimum atomic E-state index is -0.572. The van der Waals surface area contributed by atoms with Gasteiger partial charge in [-0.2, -0.15) is 0 Å². The van der Waals surface area contributed by atoms with Crippen LogP contribution in [-0.2, 0) is 22.6 Å². The van der Waals surface area contributed by atoms with E-state index in [4.69, 9.17) is 0 Å². The molecule has 2 fully saturated rings. The van der Waals surface area contributed by atoms with Gasteiger partial charge in [0.2, 0.25) is 11.8 Å². The van der Waals surface area contributed by atoms with Crippen molar-refractivity contribution in [3.8, 4) is 0 Å². The molecule has 0 saturated carbocycles. The molecule has 2 saturated heterocycles. The topological polar surface area (TPSA) is 81.3 Å². The van der Waals surface area contributed by atoms with Crippen molar-refractivity contribution in [1.82, 2.24) is 25.1 Å². The lowest BCUT2D eigenvalue weighted by Gasteiger charge is -2.45. The van der Waals surface area contributed by atoms with Crippen LogP contribution in [0, 0.1) is 5.82 Å². The van der Waals surface area contributed by atoms with Crippen LogP contribution < -0.4 is 5.32 Å². The molecule has 2 amide bonds. The van der Waals surface area contributed by atoms with Crippen LogP contribution in [0.15, 0.2) is 36.8 Å². The highest BCUT2D eigenvalue weighted by molar-refractivity contribution is 5.97. The molecule has 136 valence electrons. The molecule has 2 N–H and O–H groups in total. The Labute approximate surface area is 150 Å². The van der Waals surface area contributed by atoms with Gasteiger partial charge in [-0.05, 0) is 6.07 Å². The Morgan fingerprint density at radius 3 is 2.85 bits per heavy atom. The second-order valence-electron chi connectivity index (χ2n) is 6.72. The number of fused-ring (bicyclic) bond motifs is 1. The highest BCUT2D eigenvalue weighted by atomic mass is 19.1. The Balaban J connectivity index is 1.43. The SMILES string of the molecule is O=C1N[C@@H](Cc2cnc[nH]2)C(=O)N2CCN(Cc3ccccc3F)C[C@H]12. The second kappa shape index (κ2) is 6.87. The van der Waals surface area contributed by atoms with Gasteiger partial charge in [0.05, 0.1) is 6.33 Å². The molecule has 4 rings (SSSR count). The zero-order valence-corrected chi connectivity index (χ0v) is 14.2.